The quantitative estimate of drug-likeness (QED) is 0.717. The Bertz CT molecular complexity index is 275. The van der Waals surface area contributed by atoms with Gasteiger partial charge in [-0.1, -0.05) is 33.8 Å². The van der Waals surface area contributed by atoms with Gasteiger partial charge in [0.2, 0.25) is 0 Å². The minimum Gasteiger partial charge on any atom is -0.435 e. The molecule has 16 heavy (non-hydrogen) atoms. The molecule has 94 valence electrons. The Morgan fingerprint density at radius 1 is 1.06 bits per heavy atom. The van der Waals surface area contributed by atoms with Gasteiger partial charge in [-0.3, -0.25) is 0 Å². The van der Waals surface area contributed by atoms with E-state index in [9.17, 15) is 13.2 Å². The van der Waals surface area contributed by atoms with Crippen molar-refractivity contribution in [3.8, 4) is 5.75 Å². The second-order valence-electron chi connectivity index (χ2n) is 2.29. The molecular weight excluding hydrogens is 217 g/mol. The topological polar surface area (TPSA) is 9.23 Å². The predicted octanol–water partition coefficient (Wildman–Crippen LogP) is 4.79. The Kier molecular flexibility index (Phi) is 11.1. The fourth-order valence-electron chi connectivity index (χ4n) is 0.750. The van der Waals surface area contributed by atoms with Crippen LogP contribution >= 0.6 is 0 Å². The number of alkyl halides is 2. The van der Waals surface area contributed by atoms with Crippen LogP contribution in [0.3, 0.4) is 0 Å². The van der Waals surface area contributed by atoms with E-state index in [1.807, 2.05) is 27.7 Å². The molecule has 0 N–H and O–H groups in total. The van der Waals surface area contributed by atoms with E-state index in [0.29, 0.717) is 5.56 Å². The van der Waals surface area contributed by atoms with Crippen LogP contribution in [-0.2, 0) is 0 Å². The summed E-state index contributed by atoms with van der Waals surface area (Å²) in [6, 6.07) is 3.61. The molecule has 0 aliphatic heterocycles. The van der Waals surface area contributed by atoms with Crippen LogP contribution in [0.1, 0.15) is 33.3 Å². The first kappa shape index (κ1) is 17.2. The SMILES string of the molecule is CC.CC.Cc1ccc(OC(F)F)cc1F. The van der Waals surface area contributed by atoms with Gasteiger partial charge in [-0.15, -0.1) is 0 Å². The first-order valence-corrected chi connectivity index (χ1v) is 5.30. The Hall–Kier alpha value is -1.19. The summed E-state index contributed by atoms with van der Waals surface area (Å²) in [6.07, 6.45) is 0. The van der Waals surface area contributed by atoms with Gasteiger partial charge in [-0.2, -0.15) is 8.78 Å². The van der Waals surface area contributed by atoms with Crippen molar-refractivity contribution in [3.63, 3.8) is 0 Å². The third-order valence-corrected chi connectivity index (χ3v) is 1.37. The molecule has 0 atom stereocenters. The Labute approximate surface area is 95.2 Å². The van der Waals surface area contributed by atoms with E-state index in [1.54, 1.807) is 6.92 Å². The van der Waals surface area contributed by atoms with Crippen molar-refractivity contribution >= 4 is 0 Å². The monoisotopic (exact) mass is 236 g/mol. The third kappa shape index (κ3) is 7.15. The largest absolute Gasteiger partial charge is 0.435 e. The van der Waals surface area contributed by atoms with Crippen LogP contribution in [0.25, 0.3) is 0 Å². The van der Waals surface area contributed by atoms with Gasteiger partial charge in [0.15, 0.2) is 0 Å². The minimum absolute atomic E-state index is 0.159. The van der Waals surface area contributed by atoms with E-state index in [2.05, 4.69) is 4.74 Å². The number of hydrogen-bond donors (Lipinski definition) is 0. The number of aryl methyl sites for hydroxylation is 1. The zero-order chi connectivity index (χ0) is 13.1. The van der Waals surface area contributed by atoms with Crippen molar-refractivity contribution in [2.45, 2.75) is 41.2 Å². The van der Waals surface area contributed by atoms with Gasteiger partial charge in [0.25, 0.3) is 0 Å². The molecule has 0 amide bonds. The molecule has 0 heterocycles. The van der Waals surface area contributed by atoms with Crippen molar-refractivity contribution < 1.29 is 17.9 Å². The molecule has 0 fully saturated rings. The van der Waals surface area contributed by atoms with Gasteiger partial charge in [0, 0.05) is 6.07 Å². The molecule has 0 aromatic heterocycles. The molecule has 0 radical (unpaired) electrons. The average molecular weight is 236 g/mol. The highest BCUT2D eigenvalue weighted by Gasteiger charge is 2.05. The number of ether oxygens (including phenoxy) is 1. The number of halogens is 3. The van der Waals surface area contributed by atoms with Crippen molar-refractivity contribution in [2.24, 2.45) is 0 Å². The molecule has 0 aliphatic carbocycles. The molecule has 4 heteroatoms. The van der Waals surface area contributed by atoms with E-state index in [0.717, 1.165) is 6.07 Å². The predicted molar refractivity (Wildman–Crippen MR) is 60.5 cm³/mol. The molecular formula is C12H19F3O. The molecule has 0 spiro atoms. The van der Waals surface area contributed by atoms with Crippen LogP contribution in [0.15, 0.2) is 18.2 Å². The van der Waals surface area contributed by atoms with Gasteiger partial charge in [0.05, 0.1) is 0 Å². The lowest BCUT2D eigenvalue weighted by Gasteiger charge is -2.04. The lowest BCUT2D eigenvalue weighted by molar-refractivity contribution is -0.0500. The van der Waals surface area contributed by atoms with E-state index in [4.69, 9.17) is 0 Å². The second kappa shape index (κ2) is 10.3. The van der Waals surface area contributed by atoms with Crippen molar-refractivity contribution in [2.75, 3.05) is 0 Å². The molecule has 1 rings (SSSR count). The third-order valence-electron chi connectivity index (χ3n) is 1.37. The maximum atomic E-state index is 12.7. The Balaban J connectivity index is 0. The average Bonchev–Trinajstić information content (AvgIpc) is 2.28. The molecule has 0 aliphatic rings. The molecule has 1 aromatic rings. The van der Waals surface area contributed by atoms with Crippen LogP contribution < -0.4 is 4.74 Å². The summed E-state index contributed by atoms with van der Waals surface area (Å²) in [7, 11) is 0. The van der Waals surface area contributed by atoms with Crippen molar-refractivity contribution in [3.05, 3.63) is 29.6 Å². The zero-order valence-corrected chi connectivity index (χ0v) is 10.4. The zero-order valence-electron chi connectivity index (χ0n) is 10.4. The fourth-order valence-corrected chi connectivity index (χ4v) is 0.750. The molecule has 1 nitrogen and oxygen atoms in total. The maximum Gasteiger partial charge on any atom is 0.387 e. The highest BCUT2D eigenvalue weighted by Crippen LogP contribution is 2.17. The lowest BCUT2D eigenvalue weighted by Crippen LogP contribution is -2.02. The molecule has 0 saturated heterocycles. The summed E-state index contributed by atoms with van der Waals surface area (Å²) in [5.74, 6) is -0.707. The Morgan fingerprint density at radius 3 is 1.94 bits per heavy atom. The first-order valence-electron chi connectivity index (χ1n) is 5.30. The maximum absolute atomic E-state index is 12.7. The van der Waals surface area contributed by atoms with Crippen molar-refractivity contribution in [1.29, 1.82) is 0 Å². The van der Waals surface area contributed by atoms with E-state index in [1.165, 1.54) is 12.1 Å². The van der Waals surface area contributed by atoms with Crippen LogP contribution in [0, 0.1) is 12.7 Å². The van der Waals surface area contributed by atoms with Gasteiger partial charge >= 0.3 is 6.61 Å². The second-order valence-corrected chi connectivity index (χ2v) is 2.29. The molecule has 1 aromatic carbocycles. The smallest absolute Gasteiger partial charge is 0.387 e. The Morgan fingerprint density at radius 2 is 1.56 bits per heavy atom. The standard InChI is InChI=1S/C8H7F3O.2C2H6/c1-5-2-3-6(4-7(5)9)12-8(10)11;2*1-2/h2-4,8H,1H3;2*1-2H3. The molecule has 0 bridgehead atoms. The summed E-state index contributed by atoms with van der Waals surface area (Å²) >= 11 is 0. The molecule has 0 unspecified atom stereocenters. The minimum atomic E-state index is -2.91. The normalized spacial score (nSPS) is 8.56. The summed E-state index contributed by atoms with van der Waals surface area (Å²) in [5.41, 5.74) is 0.400. The van der Waals surface area contributed by atoms with E-state index >= 15 is 0 Å². The number of rotatable bonds is 2. The number of hydrogen-bond acceptors (Lipinski definition) is 1. The van der Waals surface area contributed by atoms with Gasteiger partial charge in [0.1, 0.15) is 11.6 Å². The summed E-state index contributed by atoms with van der Waals surface area (Å²) in [6.45, 7) is 6.63. The van der Waals surface area contributed by atoms with Crippen molar-refractivity contribution in [1.82, 2.24) is 0 Å². The molecule has 0 saturated carbocycles. The van der Waals surface area contributed by atoms with Crippen LogP contribution in [-0.4, -0.2) is 6.61 Å². The van der Waals surface area contributed by atoms with Gasteiger partial charge < -0.3 is 4.74 Å². The highest BCUT2D eigenvalue weighted by atomic mass is 19.3. The van der Waals surface area contributed by atoms with Crippen LogP contribution in [0.2, 0.25) is 0 Å². The van der Waals surface area contributed by atoms with Crippen LogP contribution in [0.5, 0.6) is 5.75 Å². The first-order chi connectivity index (χ1) is 7.59. The van der Waals surface area contributed by atoms with Gasteiger partial charge in [-0.05, 0) is 18.6 Å². The summed E-state index contributed by atoms with van der Waals surface area (Å²) < 4.78 is 39.9. The van der Waals surface area contributed by atoms with E-state index in [-0.39, 0.29) is 5.75 Å². The van der Waals surface area contributed by atoms with Gasteiger partial charge in [-0.25, -0.2) is 4.39 Å². The summed E-state index contributed by atoms with van der Waals surface area (Å²) in [5, 5.41) is 0. The highest BCUT2D eigenvalue weighted by molar-refractivity contribution is 5.27. The summed E-state index contributed by atoms with van der Waals surface area (Å²) in [4.78, 5) is 0. The van der Waals surface area contributed by atoms with E-state index < -0.39 is 12.4 Å². The fraction of sp³-hybridized carbons (Fsp3) is 0.500. The lowest BCUT2D eigenvalue weighted by atomic mass is 10.2. The number of benzene rings is 1. The van der Waals surface area contributed by atoms with Crippen LogP contribution in [0.4, 0.5) is 13.2 Å².